The lowest BCUT2D eigenvalue weighted by Gasteiger charge is -2.27. The molecule has 6 heteroatoms. The molecule has 0 spiro atoms. The monoisotopic (exact) mass is 379 g/mol. The highest BCUT2D eigenvalue weighted by Crippen LogP contribution is 2.17. The largest absolute Gasteiger partial charge is 0.390 e. The van der Waals surface area contributed by atoms with Crippen LogP contribution in [0, 0.1) is 0 Å². The third kappa shape index (κ3) is 15.6. The molecule has 0 bridgehead atoms. The van der Waals surface area contributed by atoms with Gasteiger partial charge in [0.25, 0.3) is 0 Å². The maximum atomic E-state index is 11.8. The number of hydrogen-bond donors (Lipinski definition) is 4. The van der Waals surface area contributed by atoms with Crippen molar-refractivity contribution in [2.24, 2.45) is 0 Å². The van der Waals surface area contributed by atoms with Gasteiger partial charge in [0.05, 0.1) is 17.8 Å². The van der Waals surface area contributed by atoms with Crippen molar-refractivity contribution in [1.82, 2.24) is 5.32 Å². The number of nitrogens with one attached hydrogen (secondary N) is 1. The van der Waals surface area contributed by atoms with E-state index in [0.29, 0.717) is 31.2 Å². The maximum Gasteiger partial charge on any atom is 0.219 e. The molecule has 0 aromatic heterocycles. The highest BCUT2D eigenvalue weighted by molar-refractivity contribution is 7.81. The predicted molar refractivity (Wildman–Crippen MR) is 108 cm³/mol. The molecule has 1 amide bonds. The molecular formula is C18H37NO3S2. The second-order valence-corrected chi connectivity index (χ2v) is 8.86. The van der Waals surface area contributed by atoms with Gasteiger partial charge in [0.1, 0.15) is 0 Å². The van der Waals surface area contributed by atoms with Gasteiger partial charge in [-0.15, -0.1) is 0 Å². The van der Waals surface area contributed by atoms with Crippen LogP contribution in [0.25, 0.3) is 0 Å². The molecule has 0 aromatic rings. The third-order valence-electron chi connectivity index (χ3n) is 3.91. The van der Waals surface area contributed by atoms with Gasteiger partial charge in [-0.2, -0.15) is 25.3 Å². The fraction of sp³-hybridized carbons (Fsp3) is 0.944. The van der Waals surface area contributed by atoms with Crippen LogP contribution >= 0.6 is 25.3 Å². The van der Waals surface area contributed by atoms with E-state index in [1.807, 2.05) is 13.8 Å². The highest BCUT2D eigenvalue weighted by Gasteiger charge is 2.20. The fourth-order valence-electron chi connectivity index (χ4n) is 2.20. The van der Waals surface area contributed by atoms with Gasteiger partial charge in [-0.05, 0) is 65.6 Å². The lowest BCUT2D eigenvalue weighted by Crippen LogP contribution is -2.34. The number of rotatable bonds is 14. The van der Waals surface area contributed by atoms with Crippen LogP contribution in [0.4, 0.5) is 0 Å². The minimum atomic E-state index is -0.705. The number of aliphatic hydroxyl groups is 1. The number of amides is 1. The SMILES string of the molecule is CC(C)(O)CCOC(C)(C)CCNC(=O)CCCCC(S)CCS. The Balaban J connectivity index is 3.71. The minimum Gasteiger partial charge on any atom is -0.390 e. The van der Waals surface area contributed by atoms with E-state index in [2.05, 4.69) is 30.6 Å². The average Bonchev–Trinajstić information content (AvgIpc) is 2.42. The first-order chi connectivity index (χ1) is 11.1. The van der Waals surface area contributed by atoms with Crippen molar-refractivity contribution in [3.63, 3.8) is 0 Å². The zero-order valence-corrected chi connectivity index (χ0v) is 17.6. The van der Waals surface area contributed by atoms with Crippen LogP contribution in [0.15, 0.2) is 0 Å². The van der Waals surface area contributed by atoms with Crippen LogP contribution in [0.5, 0.6) is 0 Å². The molecule has 0 heterocycles. The number of unbranched alkanes of at least 4 members (excludes halogenated alkanes) is 1. The van der Waals surface area contributed by atoms with Crippen molar-refractivity contribution >= 4 is 31.2 Å². The number of ether oxygens (including phenoxy) is 1. The van der Waals surface area contributed by atoms with Crippen molar-refractivity contribution in [3.8, 4) is 0 Å². The summed E-state index contributed by atoms with van der Waals surface area (Å²) in [5.74, 6) is 0.967. The summed E-state index contributed by atoms with van der Waals surface area (Å²) < 4.78 is 5.81. The van der Waals surface area contributed by atoms with E-state index < -0.39 is 5.60 Å². The van der Waals surface area contributed by atoms with Crippen molar-refractivity contribution in [2.45, 2.75) is 89.1 Å². The van der Waals surface area contributed by atoms with E-state index in [4.69, 9.17) is 4.74 Å². The predicted octanol–water partition coefficient (Wildman–Crippen LogP) is 3.63. The minimum absolute atomic E-state index is 0.104. The molecule has 0 aliphatic heterocycles. The quantitative estimate of drug-likeness (QED) is 0.275. The van der Waals surface area contributed by atoms with E-state index in [9.17, 15) is 9.90 Å². The molecule has 0 radical (unpaired) electrons. The Bertz CT molecular complexity index is 344. The second kappa shape index (κ2) is 12.4. The van der Waals surface area contributed by atoms with Crippen LogP contribution in [0.2, 0.25) is 0 Å². The third-order valence-corrected chi connectivity index (χ3v) is 4.68. The van der Waals surface area contributed by atoms with Crippen LogP contribution in [0.3, 0.4) is 0 Å². The van der Waals surface area contributed by atoms with Gasteiger partial charge in [0.2, 0.25) is 5.91 Å². The van der Waals surface area contributed by atoms with E-state index in [-0.39, 0.29) is 11.5 Å². The van der Waals surface area contributed by atoms with Crippen LogP contribution in [-0.4, -0.2) is 46.4 Å². The van der Waals surface area contributed by atoms with Crippen molar-refractivity contribution in [3.05, 3.63) is 0 Å². The summed E-state index contributed by atoms with van der Waals surface area (Å²) in [6, 6.07) is 0. The van der Waals surface area contributed by atoms with E-state index in [0.717, 1.165) is 37.9 Å². The topological polar surface area (TPSA) is 58.6 Å². The standard InChI is InChI=1S/C18H37NO3S2/c1-17(2,21)11-13-22-18(3,4)10-12-19-16(20)8-6-5-7-15(24)9-14-23/h15,21,23-24H,5-14H2,1-4H3,(H,19,20). The maximum absolute atomic E-state index is 11.8. The van der Waals surface area contributed by atoms with E-state index in [1.165, 1.54) is 0 Å². The Hall–Kier alpha value is 0.0900. The first-order valence-electron chi connectivity index (χ1n) is 8.98. The van der Waals surface area contributed by atoms with E-state index in [1.54, 1.807) is 13.8 Å². The second-order valence-electron chi connectivity index (χ2n) is 7.68. The zero-order chi connectivity index (χ0) is 18.6. The van der Waals surface area contributed by atoms with Gasteiger partial charge in [0.15, 0.2) is 0 Å². The van der Waals surface area contributed by atoms with Crippen LogP contribution in [-0.2, 0) is 9.53 Å². The first-order valence-corrected chi connectivity index (χ1v) is 10.1. The molecule has 0 aliphatic rings. The summed E-state index contributed by atoms with van der Waals surface area (Å²) in [4.78, 5) is 11.8. The molecule has 144 valence electrons. The molecule has 1 unspecified atom stereocenters. The average molecular weight is 380 g/mol. The number of hydrogen-bond acceptors (Lipinski definition) is 5. The Morgan fingerprint density at radius 2 is 1.83 bits per heavy atom. The molecule has 0 saturated heterocycles. The number of thiol groups is 2. The van der Waals surface area contributed by atoms with Gasteiger partial charge in [-0.25, -0.2) is 0 Å². The zero-order valence-electron chi connectivity index (χ0n) is 15.8. The molecular weight excluding hydrogens is 342 g/mol. The summed E-state index contributed by atoms with van der Waals surface area (Å²) in [5, 5.41) is 13.0. The van der Waals surface area contributed by atoms with Gasteiger partial charge in [-0.1, -0.05) is 6.42 Å². The highest BCUT2D eigenvalue weighted by atomic mass is 32.1. The van der Waals surface area contributed by atoms with Gasteiger partial charge >= 0.3 is 0 Å². The van der Waals surface area contributed by atoms with Crippen molar-refractivity contribution < 1.29 is 14.6 Å². The molecule has 24 heavy (non-hydrogen) atoms. The van der Waals surface area contributed by atoms with Crippen LogP contribution in [0.1, 0.15) is 72.6 Å². The van der Waals surface area contributed by atoms with Gasteiger partial charge < -0.3 is 15.2 Å². The smallest absolute Gasteiger partial charge is 0.219 e. The molecule has 0 aliphatic carbocycles. The molecule has 1 atom stereocenters. The van der Waals surface area contributed by atoms with Crippen LogP contribution < -0.4 is 5.32 Å². The molecule has 4 nitrogen and oxygen atoms in total. The molecule has 0 saturated carbocycles. The summed E-state index contributed by atoms with van der Waals surface area (Å²) in [6.07, 6.45) is 5.91. The van der Waals surface area contributed by atoms with Gasteiger partial charge in [-0.3, -0.25) is 4.79 Å². The molecule has 0 fully saturated rings. The van der Waals surface area contributed by atoms with Crippen molar-refractivity contribution in [2.75, 3.05) is 18.9 Å². The fourth-order valence-corrected chi connectivity index (χ4v) is 3.03. The Morgan fingerprint density at radius 3 is 2.42 bits per heavy atom. The summed E-state index contributed by atoms with van der Waals surface area (Å²) in [7, 11) is 0. The number of carbonyl (C=O) groups excluding carboxylic acids is 1. The molecule has 2 N–H and O–H groups in total. The lowest BCUT2D eigenvalue weighted by atomic mass is 10.0. The Kier molecular flexibility index (Phi) is 12.5. The van der Waals surface area contributed by atoms with Crippen molar-refractivity contribution in [1.29, 1.82) is 0 Å². The summed E-state index contributed by atoms with van der Waals surface area (Å²) in [6.45, 7) is 8.70. The molecule has 0 aromatic carbocycles. The Labute approximate surface area is 159 Å². The number of carbonyl (C=O) groups is 1. The summed E-state index contributed by atoms with van der Waals surface area (Å²) >= 11 is 8.69. The Morgan fingerprint density at radius 1 is 1.17 bits per heavy atom. The summed E-state index contributed by atoms with van der Waals surface area (Å²) in [5.41, 5.74) is -1.01. The first kappa shape index (κ1) is 24.1. The van der Waals surface area contributed by atoms with E-state index >= 15 is 0 Å². The van der Waals surface area contributed by atoms with Gasteiger partial charge in [0, 0.05) is 18.2 Å². The molecule has 0 rings (SSSR count). The normalized spacial score (nSPS) is 13.8. The lowest BCUT2D eigenvalue weighted by molar-refractivity contribution is -0.121.